The lowest BCUT2D eigenvalue weighted by Crippen LogP contribution is -2.70. The molecule has 1 fully saturated rings. The van der Waals surface area contributed by atoms with Crippen LogP contribution in [0.15, 0.2) is 30.3 Å². The monoisotopic (exact) mass is 385 g/mol. The van der Waals surface area contributed by atoms with Crippen LogP contribution in [0.25, 0.3) is 0 Å². The predicted octanol–water partition coefficient (Wildman–Crippen LogP) is -2.48. The fourth-order valence-corrected chi connectivity index (χ4v) is 3.27. The summed E-state index contributed by atoms with van der Waals surface area (Å²) in [7, 11) is 0. The quantitative estimate of drug-likeness (QED) is 0.279. The van der Waals surface area contributed by atoms with E-state index >= 15 is 0 Å². The zero-order valence-electron chi connectivity index (χ0n) is 14.5. The van der Waals surface area contributed by atoms with Gasteiger partial charge in [-0.1, -0.05) is 30.3 Å². The predicted molar refractivity (Wildman–Crippen MR) is 89.4 cm³/mol. The lowest BCUT2D eigenvalue weighted by Gasteiger charge is -2.49. The number of hydrogen-bond acceptors (Lipinski definition) is 8. The Hall–Kier alpha value is -2.08. The van der Waals surface area contributed by atoms with Crippen LogP contribution in [0.5, 0.6) is 0 Å². The molecule has 1 heterocycles. The van der Waals surface area contributed by atoms with Crippen molar-refractivity contribution >= 4 is 11.9 Å². The molecule has 0 radical (unpaired) electrons. The summed E-state index contributed by atoms with van der Waals surface area (Å²) in [4.78, 5) is 23.3. The molecule has 2 unspecified atom stereocenters. The molecule has 10 nitrogen and oxygen atoms in total. The van der Waals surface area contributed by atoms with E-state index in [1.165, 1.54) is 12.1 Å². The number of aliphatic carboxylic acids is 1. The Morgan fingerprint density at radius 1 is 1.26 bits per heavy atom. The van der Waals surface area contributed by atoms with Gasteiger partial charge in [-0.25, -0.2) is 4.79 Å². The summed E-state index contributed by atoms with van der Waals surface area (Å²) in [5.74, 6) is -6.92. The number of aliphatic hydroxyl groups is 5. The van der Waals surface area contributed by atoms with Gasteiger partial charge in [0.05, 0.1) is 24.7 Å². The molecule has 0 aliphatic carbocycles. The Kier molecular flexibility index (Phi) is 6.52. The van der Waals surface area contributed by atoms with Crippen LogP contribution >= 0.6 is 0 Å². The second kappa shape index (κ2) is 8.30. The van der Waals surface area contributed by atoms with Gasteiger partial charge < -0.3 is 40.7 Å². The molecule has 10 heteroatoms. The minimum Gasteiger partial charge on any atom is -0.477 e. The average Bonchev–Trinajstić information content (AvgIpc) is 2.63. The number of amides is 1. The first-order chi connectivity index (χ1) is 12.6. The molecular weight excluding hydrogens is 362 g/mol. The maximum atomic E-state index is 11.8. The summed E-state index contributed by atoms with van der Waals surface area (Å²) < 4.78 is 5.23. The summed E-state index contributed by atoms with van der Waals surface area (Å²) >= 11 is 0. The minimum atomic E-state index is -2.96. The Bertz CT molecular complexity index is 670. The van der Waals surface area contributed by atoms with E-state index in [1.807, 2.05) is 0 Å². The van der Waals surface area contributed by atoms with E-state index in [1.54, 1.807) is 18.2 Å². The molecule has 1 saturated heterocycles. The van der Waals surface area contributed by atoms with Gasteiger partial charge in [-0.05, 0) is 5.56 Å². The van der Waals surface area contributed by atoms with E-state index in [9.17, 15) is 35.1 Å². The zero-order valence-corrected chi connectivity index (χ0v) is 14.5. The van der Waals surface area contributed by atoms with Crippen LogP contribution < -0.4 is 5.32 Å². The average molecular weight is 385 g/mol. The Labute approximate surface area is 154 Å². The highest BCUT2D eigenvalue weighted by Gasteiger charge is 2.60. The van der Waals surface area contributed by atoms with Crippen molar-refractivity contribution in [1.29, 1.82) is 0 Å². The fraction of sp³-hybridized carbons (Fsp3) is 0.529. The van der Waals surface area contributed by atoms with Crippen LogP contribution in [0.1, 0.15) is 18.4 Å². The van der Waals surface area contributed by atoms with Gasteiger partial charge in [0.1, 0.15) is 18.3 Å². The summed E-state index contributed by atoms with van der Waals surface area (Å²) in [6.07, 6.45) is -7.07. The molecule has 1 amide bonds. The first kappa shape index (κ1) is 21.2. The number of carbonyl (C=O) groups excluding carboxylic acids is 1. The highest BCUT2D eigenvalue weighted by Crippen LogP contribution is 2.41. The van der Waals surface area contributed by atoms with Crippen molar-refractivity contribution in [2.45, 2.75) is 49.1 Å². The van der Waals surface area contributed by atoms with Crippen molar-refractivity contribution in [2.75, 3.05) is 6.61 Å². The lowest BCUT2D eigenvalue weighted by molar-refractivity contribution is -0.305. The number of aliphatic hydroxyl groups excluding tert-OH is 4. The van der Waals surface area contributed by atoms with Crippen molar-refractivity contribution in [2.24, 2.45) is 0 Å². The number of carboxylic acids is 1. The van der Waals surface area contributed by atoms with E-state index in [2.05, 4.69) is 5.32 Å². The number of carbonyl (C=O) groups is 2. The zero-order chi connectivity index (χ0) is 20.4. The standard InChI is InChI=1S/C17H23NO9/c1-8(20)18-12-14(23)11(9-5-3-2-4-6-9)17(26,16(24)25)27-15(12)13(22)10(21)7-19/h2-6,10-15,19,21-23,26H,7H2,1H3,(H,18,20)(H,24,25)/t10-,11?,12-,13-,14+,15-,17?/m1/s1. The second-order valence-electron chi connectivity index (χ2n) is 6.43. The number of nitrogens with one attached hydrogen (secondary N) is 1. The number of ether oxygens (including phenoxy) is 1. The van der Waals surface area contributed by atoms with E-state index in [0.29, 0.717) is 0 Å². The van der Waals surface area contributed by atoms with E-state index in [-0.39, 0.29) is 5.56 Å². The topological polar surface area (TPSA) is 177 Å². The third-order valence-electron chi connectivity index (χ3n) is 4.55. The maximum absolute atomic E-state index is 11.8. The highest BCUT2D eigenvalue weighted by molar-refractivity contribution is 5.78. The molecule has 0 aromatic heterocycles. The SMILES string of the molecule is CC(=O)N[C@H]1[C@H]([C@H](O)[C@H](O)CO)OC(O)(C(=O)O)C(c2ccccc2)[C@@H]1O. The molecule has 0 spiro atoms. The summed E-state index contributed by atoms with van der Waals surface area (Å²) in [5, 5.41) is 62.4. The Morgan fingerprint density at radius 3 is 2.33 bits per heavy atom. The fourth-order valence-electron chi connectivity index (χ4n) is 3.27. The number of benzene rings is 1. The van der Waals surface area contributed by atoms with Crippen molar-refractivity contribution in [3.63, 3.8) is 0 Å². The van der Waals surface area contributed by atoms with Gasteiger partial charge in [0.25, 0.3) is 5.79 Å². The molecule has 0 bridgehead atoms. The smallest absolute Gasteiger partial charge is 0.365 e. The number of carboxylic acid groups (broad SMARTS) is 1. The molecule has 2 rings (SSSR count). The van der Waals surface area contributed by atoms with Gasteiger partial charge in [-0.3, -0.25) is 4.79 Å². The molecular formula is C17H23NO9. The van der Waals surface area contributed by atoms with Crippen molar-refractivity contribution in [1.82, 2.24) is 5.32 Å². The molecule has 0 saturated carbocycles. The van der Waals surface area contributed by atoms with Gasteiger partial charge in [0.2, 0.25) is 5.91 Å². The van der Waals surface area contributed by atoms with Gasteiger partial charge in [0.15, 0.2) is 0 Å². The normalized spacial score (nSPS) is 33.1. The van der Waals surface area contributed by atoms with Gasteiger partial charge in [-0.15, -0.1) is 0 Å². The summed E-state index contributed by atoms with van der Waals surface area (Å²) in [6, 6.07) is 6.34. The van der Waals surface area contributed by atoms with Crippen LogP contribution in [0.2, 0.25) is 0 Å². The van der Waals surface area contributed by atoms with Gasteiger partial charge >= 0.3 is 5.97 Å². The lowest BCUT2D eigenvalue weighted by atomic mass is 9.76. The molecule has 7 N–H and O–H groups in total. The highest BCUT2D eigenvalue weighted by atomic mass is 16.7. The summed E-state index contributed by atoms with van der Waals surface area (Å²) in [6.45, 7) is 0.242. The van der Waals surface area contributed by atoms with Gasteiger partial charge in [0, 0.05) is 6.92 Å². The summed E-state index contributed by atoms with van der Waals surface area (Å²) in [5.41, 5.74) is 0.223. The number of rotatable bonds is 6. The molecule has 1 aromatic rings. The largest absolute Gasteiger partial charge is 0.477 e. The van der Waals surface area contributed by atoms with Crippen LogP contribution in [-0.2, 0) is 14.3 Å². The molecule has 1 aromatic carbocycles. The molecule has 1 aliphatic heterocycles. The molecule has 27 heavy (non-hydrogen) atoms. The van der Waals surface area contributed by atoms with Gasteiger partial charge in [-0.2, -0.15) is 0 Å². The molecule has 1 aliphatic rings. The maximum Gasteiger partial charge on any atom is 0.365 e. The van der Waals surface area contributed by atoms with Crippen molar-refractivity contribution < 1.29 is 45.0 Å². The van der Waals surface area contributed by atoms with E-state index < -0.39 is 60.6 Å². The van der Waals surface area contributed by atoms with Crippen molar-refractivity contribution in [3.8, 4) is 0 Å². The third-order valence-corrected chi connectivity index (χ3v) is 4.55. The van der Waals surface area contributed by atoms with Crippen LogP contribution in [0.4, 0.5) is 0 Å². The molecule has 150 valence electrons. The van der Waals surface area contributed by atoms with Crippen LogP contribution in [0, 0.1) is 0 Å². The third kappa shape index (κ3) is 4.10. The van der Waals surface area contributed by atoms with E-state index in [4.69, 9.17) is 9.84 Å². The molecule has 7 atom stereocenters. The Balaban J connectivity index is 2.54. The second-order valence-corrected chi connectivity index (χ2v) is 6.43. The number of hydrogen-bond donors (Lipinski definition) is 7. The van der Waals surface area contributed by atoms with Crippen LogP contribution in [-0.4, -0.2) is 85.4 Å². The van der Waals surface area contributed by atoms with Crippen molar-refractivity contribution in [3.05, 3.63) is 35.9 Å². The van der Waals surface area contributed by atoms with E-state index in [0.717, 1.165) is 6.92 Å². The first-order valence-corrected chi connectivity index (χ1v) is 8.24. The minimum absolute atomic E-state index is 0.223. The first-order valence-electron chi connectivity index (χ1n) is 8.24. The Morgan fingerprint density at radius 2 is 1.85 bits per heavy atom. The van der Waals surface area contributed by atoms with Crippen LogP contribution in [0.3, 0.4) is 0 Å².